The molecule has 2 aromatic heterocycles. The predicted octanol–water partition coefficient (Wildman–Crippen LogP) is 7.47. The van der Waals surface area contributed by atoms with Crippen molar-refractivity contribution in [1.29, 1.82) is 0 Å². The summed E-state index contributed by atoms with van der Waals surface area (Å²) in [4.78, 5) is 16.5. The lowest BCUT2D eigenvalue weighted by Crippen LogP contribution is -2.50. The number of nitrogens with zero attached hydrogens (tertiary/aromatic N) is 3. The van der Waals surface area contributed by atoms with Crippen molar-refractivity contribution in [3.63, 3.8) is 0 Å². The number of aromatic nitrogens is 3. The number of carbonyl (C=O) groups excluding carboxylic acids is 1. The largest absolute Gasteiger partial charge is 0.435 e. The van der Waals surface area contributed by atoms with Crippen molar-refractivity contribution in [3.05, 3.63) is 63.1 Å². The maximum atomic E-state index is 14.5. The van der Waals surface area contributed by atoms with Gasteiger partial charge in [-0.05, 0) is 37.5 Å². The molecule has 2 heterocycles. The van der Waals surface area contributed by atoms with Gasteiger partial charge in [0.1, 0.15) is 10.8 Å². The van der Waals surface area contributed by atoms with Gasteiger partial charge in [0.25, 0.3) is 5.91 Å². The number of halogens is 10. The normalized spacial score (nSPS) is 15.0. The van der Waals surface area contributed by atoms with Crippen LogP contribution in [-0.4, -0.2) is 39.1 Å². The van der Waals surface area contributed by atoms with Gasteiger partial charge in [-0.25, -0.2) is 14.1 Å². The van der Waals surface area contributed by atoms with E-state index in [-0.39, 0.29) is 34.6 Å². The van der Waals surface area contributed by atoms with Crippen molar-refractivity contribution in [2.24, 2.45) is 0 Å². The molecule has 0 spiro atoms. The first-order valence-corrected chi connectivity index (χ1v) is 11.6. The van der Waals surface area contributed by atoms with Gasteiger partial charge < -0.3 is 5.32 Å². The average molecular weight is 590 g/mol. The predicted molar refractivity (Wildman–Crippen MR) is 122 cm³/mol. The first kappa shape index (κ1) is 27.5. The summed E-state index contributed by atoms with van der Waals surface area (Å²) in [6, 6.07) is 1.87. The van der Waals surface area contributed by atoms with Crippen molar-refractivity contribution >= 4 is 40.7 Å². The molecule has 0 atom stereocenters. The molecule has 0 bridgehead atoms. The van der Waals surface area contributed by atoms with Gasteiger partial charge in [-0.15, -0.1) is 0 Å². The molecule has 5 nitrogen and oxygen atoms in total. The molecule has 0 saturated heterocycles. The van der Waals surface area contributed by atoms with Crippen molar-refractivity contribution in [1.82, 2.24) is 20.1 Å². The summed E-state index contributed by atoms with van der Waals surface area (Å²) in [5.74, 6) is -0.429. The van der Waals surface area contributed by atoms with Crippen LogP contribution in [0, 0.1) is 0 Å². The van der Waals surface area contributed by atoms with Gasteiger partial charge in [0.2, 0.25) is 0 Å². The Labute approximate surface area is 219 Å². The quantitative estimate of drug-likeness (QED) is 0.248. The van der Waals surface area contributed by atoms with Gasteiger partial charge in [-0.1, -0.05) is 34.8 Å². The minimum Gasteiger partial charge on any atom is -0.349 e. The van der Waals surface area contributed by atoms with Crippen LogP contribution in [0.2, 0.25) is 15.2 Å². The molecule has 1 amide bonds. The van der Waals surface area contributed by atoms with Gasteiger partial charge in [0, 0.05) is 35.1 Å². The SMILES string of the molecule is O=C(NC1CCC1)c1cc(-c2cnn(-c3c(Cl)cc(C(F)(C(F)(F)F)C(F)(F)F)cc3Cl)c2)cnc1Cl. The number of carbonyl (C=O) groups is 1. The number of amides is 1. The third-order valence-corrected chi connectivity index (χ3v) is 6.74. The van der Waals surface area contributed by atoms with Crippen LogP contribution >= 0.6 is 34.8 Å². The second kappa shape index (κ2) is 9.63. The van der Waals surface area contributed by atoms with E-state index in [0.29, 0.717) is 11.1 Å². The molecular weight excluding hydrogens is 576 g/mol. The lowest BCUT2D eigenvalue weighted by Gasteiger charge is -2.30. The van der Waals surface area contributed by atoms with Gasteiger partial charge in [-0.3, -0.25) is 4.79 Å². The average Bonchev–Trinajstić information content (AvgIpc) is 3.23. The summed E-state index contributed by atoms with van der Waals surface area (Å²) in [5, 5.41) is 5.33. The standard InChI is InChI=1S/C22H14Cl3F7N4O/c23-15-5-12(20(26,21(27,28)29)22(30,31)32)6-16(24)17(15)36-9-11(8-34-36)10-4-14(18(25)33-7-10)19(37)35-13-2-1-3-13/h4-9,13H,1-3H2,(H,35,37). The zero-order valence-corrected chi connectivity index (χ0v) is 20.5. The van der Waals surface area contributed by atoms with Crippen LogP contribution < -0.4 is 5.32 Å². The zero-order valence-electron chi connectivity index (χ0n) is 18.2. The number of alkyl halides is 7. The topological polar surface area (TPSA) is 59.8 Å². The van der Waals surface area contributed by atoms with Crippen molar-refractivity contribution in [2.45, 2.75) is 43.3 Å². The number of rotatable bonds is 5. The zero-order chi connectivity index (χ0) is 27.3. The molecule has 198 valence electrons. The number of nitrogens with one attached hydrogen (secondary N) is 1. The summed E-state index contributed by atoms with van der Waals surface area (Å²) in [6.07, 6.45) is -6.07. The van der Waals surface area contributed by atoms with E-state index >= 15 is 0 Å². The van der Waals surface area contributed by atoms with E-state index in [1.165, 1.54) is 24.7 Å². The lowest BCUT2D eigenvalue weighted by molar-refractivity contribution is -0.348. The Kier molecular flexibility index (Phi) is 7.15. The Morgan fingerprint density at radius 3 is 2.03 bits per heavy atom. The molecule has 1 aliphatic rings. The molecule has 0 unspecified atom stereocenters. The highest BCUT2D eigenvalue weighted by Gasteiger charge is 2.73. The van der Waals surface area contributed by atoms with Gasteiger partial charge in [0.15, 0.2) is 0 Å². The second-order valence-corrected chi connectivity index (χ2v) is 9.45. The third-order valence-electron chi connectivity index (χ3n) is 5.87. The van der Waals surface area contributed by atoms with Crippen LogP contribution in [0.5, 0.6) is 0 Å². The Bertz CT molecular complexity index is 1320. The second-order valence-electron chi connectivity index (χ2n) is 8.28. The maximum Gasteiger partial charge on any atom is 0.435 e. The molecule has 1 aliphatic carbocycles. The summed E-state index contributed by atoms with van der Waals surface area (Å²) < 4.78 is 94.2. The highest BCUT2D eigenvalue weighted by atomic mass is 35.5. The molecular formula is C22H14Cl3F7N4O. The molecule has 15 heteroatoms. The van der Waals surface area contributed by atoms with E-state index in [4.69, 9.17) is 34.8 Å². The van der Waals surface area contributed by atoms with Gasteiger partial charge >= 0.3 is 18.0 Å². The number of pyridine rings is 1. The number of benzene rings is 1. The van der Waals surface area contributed by atoms with E-state index in [1.54, 1.807) is 0 Å². The van der Waals surface area contributed by atoms with Crippen LogP contribution in [0.3, 0.4) is 0 Å². The van der Waals surface area contributed by atoms with E-state index < -0.39 is 39.5 Å². The van der Waals surface area contributed by atoms with Crippen LogP contribution in [-0.2, 0) is 5.67 Å². The summed E-state index contributed by atoms with van der Waals surface area (Å²) in [6.45, 7) is 0. The lowest BCUT2D eigenvalue weighted by atomic mass is 9.93. The first-order valence-electron chi connectivity index (χ1n) is 10.5. The minimum absolute atomic E-state index is 0.0416. The van der Waals surface area contributed by atoms with Crippen LogP contribution in [0.15, 0.2) is 36.8 Å². The van der Waals surface area contributed by atoms with Gasteiger partial charge in [-0.2, -0.15) is 31.4 Å². The van der Waals surface area contributed by atoms with Crippen LogP contribution in [0.25, 0.3) is 16.8 Å². The van der Waals surface area contributed by atoms with Crippen LogP contribution in [0.4, 0.5) is 30.7 Å². The summed E-state index contributed by atoms with van der Waals surface area (Å²) >= 11 is 18.0. The molecule has 4 rings (SSSR count). The monoisotopic (exact) mass is 588 g/mol. The van der Waals surface area contributed by atoms with Crippen molar-refractivity contribution in [3.8, 4) is 16.8 Å². The maximum absolute atomic E-state index is 14.5. The number of hydrogen-bond donors (Lipinski definition) is 1. The molecule has 0 radical (unpaired) electrons. The summed E-state index contributed by atoms with van der Waals surface area (Å²) in [7, 11) is 0. The molecule has 1 N–H and O–H groups in total. The van der Waals surface area contributed by atoms with Crippen LogP contribution in [0.1, 0.15) is 35.2 Å². The highest BCUT2D eigenvalue weighted by molar-refractivity contribution is 6.38. The van der Waals surface area contributed by atoms with E-state index in [2.05, 4.69) is 15.4 Å². The fraction of sp³-hybridized carbons (Fsp3) is 0.318. The van der Waals surface area contributed by atoms with E-state index in [9.17, 15) is 35.5 Å². The third kappa shape index (κ3) is 4.98. The summed E-state index contributed by atoms with van der Waals surface area (Å²) in [5.41, 5.74) is -7.03. The number of hydrogen-bond acceptors (Lipinski definition) is 3. The molecule has 1 aromatic carbocycles. The Morgan fingerprint density at radius 2 is 1.51 bits per heavy atom. The molecule has 1 saturated carbocycles. The van der Waals surface area contributed by atoms with E-state index in [0.717, 1.165) is 23.9 Å². The Morgan fingerprint density at radius 1 is 0.919 bits per heavy atom. The first-order chi connectivity index (χ1) is 17.1. The van der Waals surface area contributed by atoms with Crippen molar-refractivity contribution < 1.29 is 35.5 Å². The molecule has 3 aromatic rings. The fourth-order valence-corrected chi connectivity index (χ4v) is 4.50. The van der Waals surface area contributed by atoms with E-state index in [1.807, 2.05) is 0 Å². The Hall–Kier alpha value is -2.57. The highest BCUT2D eigenvalue weighted by Crippen LogP contribution is 2.54. The van der Waals surface area contributed by atoms with Gasteiger partial charge in [0.05, 0.1) is 21.8 Å². The van der Waals surface area contributed by atoms with Crippen molar-refractivity contribution in [2.75, 3.05) is 0 Å². The minimum atomic E-state index is -6.33. The fourth-order valence-electron chi connectivity index (χ4n) is 3.65. The molecule has 37 heavy (non-hydrogen) atoms. The molecule has 1 fully saturated rings. The molecule has 0 aliphatic heterocycles. The Balaban J connectivity index is 1.69. The smallest absolute Gasteiger partial charge is 0.349 e.